The van der Waals surface area contributed by atoms with Crippen molar-refractivity contribution in [3.05, 3.63) is 12.2 Å². The van der Waals surface area contributed by atoms with Crippen LogP contribution in [0.4, 0.5) is 0 Å². The van der Waals surface area contributed by atoms with Crippen LogP contribution in [-0.2, 0) is 4.79 Å². The maximum Gasteiger partial charge on any atom is 0.223 e. The van der Waals surface area contributed by atoms with Gasteiger partial charge in [-0.1, -0.05) is 44.3 Å². The van der Waals surface area contributed by atoms with Gasteiger partial charge in [0.05, 0.1) is 0 Å². The predicted octanol–water partition coefficient (Wildman–Crippen LogP) is 3.43. The molecular weight excluding hydrogens is 198 g/mol. The van der Waals surface area contributed by atoms with Crippen molar-refractivity contribution in [1.82, 2.24) is 5.32 Å². The van der Waals surface area contributed by atoms with Gasteiger partial charge in [0.2, 0.25) is 5.91 Å². The third kappa shape index (κ3) is 5.34. The average molecular weight is 223 g/mol. The molecule has 0 spiro atoms. The monoisotopic (exact) mass is 223 g/mol. The number of carbonyl (C=O) groups excluding carboxylic acids is 1. The molecule has 1 aliphatic carbocycles. The van der Waals surface area contributed by atoms with Crippen LogP contribution >= 0.6 is 0 Å². The minimum atomic E-state index is 0.283. The molecule has 92 valence electrons. The maximum atomic E-state index is 11.9. The largest absolute Gasteiger partial charge is 0.356 e. The van der Waals surface area contributed by atoms with Gasteiger partial charge in [0.15, 0.2) is 0 Å². The van der Waals surface area contributed by atoms with E-state index in [1.807, 2.05) is 13.0 Å². The lowest BCUT2D eigenvalue weighted by Gasteiger charge is -2.18. The Bertz CT molecular complexity index is 215. The summed E-state index contributed by atoms with van der Waals surface area (Å²) in [4.78, 5) is 11.9. The smallest absolute Gasteiger partial charge is 0.223 e. The van der Waals surface area contributed by atoms with Gasteiger partial charge in [-0.3, -0.25) is 4.79 Å². The van der Waals surface area contributed by atoms with E-state index in [0.717, 1.165) is 25.8 Å². The van der Waals surface area contributed by atoms with Gasteiger partial charge in [0, 0.05) is 12.5 Å². The second kappa shape index (κ2) is 8.37. The van der Waals surface area contributed by atoms with Crippen molar-refractivity contribution in [3.63, 3.8) is 0 Å². The van der Waals surface area contributed by atoms with Gasteiger partial charge in [-0.2, -0.15) is 0 Å². The van der Waals surface area contributed by atoms with Gasteiger partial charge >= 0.3 is 0 Å². The van der Waals surface area contributed by atoms with E-state index in [2.05, 4.69) is 11.4 Å². The van der Waals surface area contributed by atoms with Gasteiger partial charge < -0.3 is 5.32 Å². The number of rotatable bonds is 4. The Morgan fingerprint density at radius 1 is 1.19 bits per heavy atom. The highest BCUT2D eigenvalue weighted by atomic mass is 16.1. The molecule has 0 unspecified atom stereocenters. The molecule has 0 aromatic carbocycles. The SMILES string of the molecule is C/C=C/CCNC(=O)C1CCCCCCC1. The first-order chi connectivity index (χ1) is 7.84. The summed E-state index contributed by atoms with van der Waals surface area (Å²) < 4.78 is 0. The quantitative estimate of drug-likeness (QED) is 0.574. The van der Waals surface area contributed by atoms with Crippen molar-refractivity contribution in [3.8, 4) is 0 Å². The van der Waals surface area contributed by atoms with Crippen LogP contribution in [0.25, 0.3) is 0 Å². The third-order valence-electron chi connectivity index (χ3n) is 3.32. The molecule has 2 nitrogen and oxygen atoms in total. The third-order valence-corrected chi connectivity index (χ3v) is 3.32. The highest BCUT2D eigenvalue weighted by molar-refractivity contribution is 5.78. The van der Waals surface area contributed by atoms with E-state index in [-0.39, 0.29) is 11.8 Å². The summed E-state index contributed by atoms with van der Waals surface area (Å²) in [5.41, 5.74) is 0. The zero-order chi connectivity index (χ0) is 11.6. The molecule has 1 N–H and O–H groups in total. The lowest BCUT2D eigenvalue weighted by atomic mass is 9.90. The molecule has 0 saturated heterocycles. The zero-order valence-electron chi connectivity index (χ0n) is 10.5. The maximum absolute atomic E-state index is 11.9. The van der Waals surface area contributed by atoms with E-state index in [4.69, 9.17) is 0 Å². The molecule has 1 amide bonds. The summed E-state index contributed by atoms with van der Waals surface area (Å²) in [5, 5.41) is 3.05. The molecule has 0 aromatic rings. The normalized spacial score (nSPS) is 19.3. The molecule has 2 heteroatoms. The first kappa shape index (κ1) is 13.3. The summed E-state index contributed by atoms with van der Waals surface area (Å²) in [6, 6.07) is 0. The Labute approximate surface area is 99.5 Å². The summed E-state index contributed by atoms with van der Waals surface area (Å²) in [7, 11) is 0. The van der Waals surface area contributed by atoms with Crippen LogP contribution in [0.2, 0.25) is 0 Å². The summed E-state index contributed by atoms with van der Waals surface area (Å²) in [6.45, 7) is 2.80. The molecule has 0 bridgehead atoms. The van der Waals surface area contributed by atoms with E-state index in [0.29, 0.717) is 0 Å². The molecule has 0 aliphatic heterocycles. The fourth-order valence-electron chi connectivity index (χ4n) is 2.31. The molecule has 16 heavy (non-hydrogen) atoms. The Morgan fingerprint density at radius 3 is 2.44 bits per heavy atom. The first-order valence-corrected chi connectivity index (χ1v) is 6.73. The molecule has 1 saturated carbocycles. The van der Waals surface area contributed by atoms with Gasteiger partial charge in [0.25, 0.3) is 0 Å². The van der Waals surface area contributed by atoms with Crippen LogP contribution in [0.15, 0.2) is 12.2 Å². The zero-order valence-corrected chi connectivity index (χ0v) is 10.5. The minimum absolute atomic E-state index is 0.283. The van der Waals surface area contributed by atoms with E-state index in [1.54, 1.807) is 0 Å². The highest BCUT2D eigenvalue weighted by Crippen LogP contribution is 2.22. The van der Waals surface area contributed by atoms with Gasteiger partial charge in [-0.05, 0) is 26.2 Å². The second-order valence-corrected chi connectivity index (χ2v) is 4.69. The number of allylic oxidation sites excluding steroid dienone is 1. The number of nitrogens with one attached hydrogen (secondary N) is 1. The van der Waals surface area contributed by atoms with Crippen molar-refractivity contribution < 1.29 is 4.79 Å². The fraction of sp³-hybridized carbons (Fsp3) is 0.786. The molecule has 1 aliphatic rings. The molecule has 0 heterocycles. The van der Waals surface area contributed by atoms with Crippen molar-refractivity contribution in [2.45, 2.75) is 58.3 Å². The van der Waals surface area contributed by atoms with E-state index >= 15 is 0 Å². The highest BCUT2D eigenvalue weighted by Gasteiger charge is 2.18. The summed E-state index contributed by atoms with van der Waals surface area (Å²) in [5.74, 6) is 0.567. The lowest BCUT2D eigenvalue weighted by Crippen LogP contribution is -2.31. The van der Waals surface area contributed by atoms with Crippen LogP contribution in [0, 0.1) is 5.92 Å². The minimum Gasteiger partial charge on any atom is -0.356 e. The van der Waals surface area contributed by atoms with E-state index < -0.39 is 0 Å². The summed E-state index contributed by atoms with van der Waals surface area (Å²) >= 11 is 0. The molecule has 1 rings (SSSR count). The number of hydrogen-bond acceptors (Lipinski definition) is 1. The number of hydrogen-bond donors (Lipinski definition) is 1. The Balaban J connectivity index is 2.22. The van der Waals surface area contributed by atoms with E-state index in [1.165, 1.54) is 32.1 Å². The average Bonchev–Trinajstić information content (AvgIpc) is 2.23. The Hall–Kier alpha value is -0.790. The molecule has 0 atom stereocenters. The molecule has 0 radical (unpaired) electrons. The Morgan fingerprint density at radius 2 is 1.81 bits per heavy atom. The Kier molecular flexibility index (Phi) is 6.95. The van der Waals surface area contributed by atoms with Crippen molar-refractivity contribution in [1.29, 1.82) is 0 Å². The van der Waals surface area contributed by atoms with Crippen molar-refractivity contribution in [2.75, 3.05) is 6.54 Å². The van der Waals surface area contributed by atoms with Gasteiger partial charge in [-0.15, -0.1) is 0 Å². The van der Waals surface area contributed by atoms with Gasteiger partial charge in [-0.25, -0.2) is 0 Å². The lowest BCUT2D eigenvalue weighted by molar-refractivity contribution is -0.125. The van der Waals surface area contributed by atoms with E-state index in [9.17, 15) is 4.79 Å². The first-order valence-electron chi connectivity index (χ1n) is 6.73. The number of amides is 1. The number of carbonyl (C=O) groups is 1. The second-order valence-electron chi connectivity index (χ2n) is 4.69. The van der Waals surface area contributed by atoms with Crippen molar-refractivity contribution >= 4 is 5.91 Å². The fourth-order valence-corrected chi connectivity index (χ4v) is 2.31. The molecule has 1 fully saturated rings. The predicted molar refractivity (Wildman–Crippen MR) is 68.2 cm³/mol. The molecule has 0 aromatic heterocycles. The van der Waals surface area contributed by atoms with Crippen molar-refractivity contribution in [2.24, 2.45) is 5.92 Å². The van der Waals surface area contributed by atoms with Crippen LogP contribution in [0.3, 0.4) is 0 Å². The topological polar surface area (TPSA) is 29.1 Å². The standard InChI is InChI=1S/C14H25NO/c1-2-3-9-12-15-14(16)13-10-7-5-4-6-8-11-13/h2-3,13H,4-12H2,1H3,(H,15,16)/b3-2+. The molecular formula is C14H25NO. The van der Waals surface area contributed by atoms with Crippen LogP contribution in [-0.4, -0.2) is 12.5 Å². The van der Waals surface area contributed by atoms with Crippen LogP contribution in [0.1, 0.15) is 58.3 Å². The summed E-state index contributed by atoms with van der Waals surface area (Å²) in [6.07, 6.45) is 13.7. The van der Waals surface area contributed by atoms with Gasteiger partial charge in [0.1, 0.15) is 0 Å². The van der Waals surface area contributed by atoms with Crippen LogP contribution in [0.5, 0.6) is 0 Å². The van der Waals surface area contributed by atoms with Crippen LogP contribution < -0.4 is 5.32 Å².